The molecule has 2 aromatic rings. The van der Waals surface area contributed by atoms with Gasteiger partial charge in [-0.15, -0.1) is 0 Å². The van der Waals surface area contributed by atoms with Crippen LogP contribution in [0.3, 0.4) is 0 Å². The molecule has 1 saturated heterocycles. The number of fused-ring (bicyclic) bond motifs is 1. The minimum atomic E-state index is -1.20. The lowest BCUT2D eigenvalue weighted by Gasteiger charge is -2.45. The molecule has 0 spiro atoms. The van der Waals surface area contributed by atoms with Gasteiger partial charge in [0.05, 0.1) is 11.4 Å². The molecule has 2 aromatic carbocycles. The minimum absolute atomic E-state index is 0.0784. The fourth-order valence-electron chi connectivity index (χ4n) is 5.57. The lowest BCUT2D eigenvalue weighted by molar-refractivity contribution is -0.128. The van der Waals surface area contributed by atoms with Gasteiger partial charge in [0.15, 0.2) is 0 Å². The molecule has 1 fully saturated rings. The highest BCUT2D eigenvalue weighted by atomic mass is 19.1. The summed E-state index contributed by atoms with van der Waals surface area (Å²) < 4.78 is 20.6. The zero-order valence-electron chi connectivity index (χ0n) is 22.9. The van der Waals surface area contributed by atoms with Crippen molar-refractivity contribution >= 4 is 29.3 Å². The number of amides is 3. The van der Waals surface area contributed by atoms with E-state index in [1.165, 1.54) is 24.0 Å². The van der Waals surface area contributed by atoms with E-state index in [9.17, 15) is 14.4 Å². The maximum Gasteiger partial charge on any atom is 0.414 e. The molecule has 204 valence electrons. The van der Waals surface area contributed by atoms with Gasteiger partial charge in [-0.25, -0.2) is 9.18 Å². The number of nitrogens with zero attached hydrogens (tertiary/aromatic N) is 2. The van der Waals surface area contributed by atoms with Gasteiger partial charge in [-0.2, -0.15) is 0 Å². The molecule has 38 heavy (non-hydrogen) atoms. The van der Waals surface area contributed by atoms with E-state index in [0.717, 1.165) is 5.56 Å². The largest absolute Gasteiger partial charge is 0.443 e. The smallest absolute Gasteiger partial charge is 0.414 e. The molecule has 2 aliphatic heterocycles. The van der Waals surface area contributed by atoms with Crippen LogP contribution in [0.15, 0.2) is 42.5 Å². The van der Waals surface area contributed by atoms with Crippen molar-refractivity contribution in [1.82, 2.24) is 10.2 Å². The Labute approximate surface area is 223 Å². The summed E-state index contributed by atoms with van der Waals surface area (Å²) in [5.74, 6) is -0.932. The summed E-state index contributed by atoms with van der Waals surface area (Å²) >= 11 is 0. The van der Waals surface area contributed by atoms with Crippen LogP contribution in [0.1, 0.15) is 65.0 Å². The number of anilines is 2. The lowest BCUT2D eigenvalue weighted by atomic mass is 9.81. The van der Waals surface area contributed by atoms with Crippen molar-refractivity contribution in [1.29, 1.82) is 0 Å². The van der Waals surface area contributed by atoms with Gasteiger partial charge in [-0.05, 0) is 58.7 Å². The molecular formula is C29H37FN4O4. The van der Waals surface area contributed by atoms with Crippen molar-refractivity contribution in [2.75, 3.05) is 29.9 Å². The first-order chi connectivity index (χ1) is 17.8. The fraction of sp³-hybridized carbons (Fsp3) is 0.483. The van der Waals surface area contributed by atoms with Gasteiger partial charge in [-0.3, -0.25) is 19.4 Å². The predicted octanol–water partition coefficient (Wildman–Crippen LogP) is 4.75. The summed E-state index contributed by atoms with van der Waals surface area (Å²) in [6.45, 7) is 11.5. The Kier molecular flexibility index (Phi) is 7.52. The second-order valence-electron chi connectivity index (χ2n) is 11.2. The summed E-state index contributed by atoms with van der Waals surface area (Å²) in [6.07, 6.45) is 0.0824. The Morgan fingerprint density at radius 1 is 1.24 bits per heavy atom. The number of nitrogens with one attached hydrogen (secondary N) is 2. The predicted molar refractivity (Wildman–Crippen MR) is 145 cm³/mol. The Morgan fingerprint density at radius 3 is 2.53 bits per heavy atom. The Hall–Kier alpha value is -3.46. The molecule has 0 aliphatic carbocycles. The van der Waals surface area contributed by atoms with Gasteiger partial charge in [0.1, 0.15) is 17.0 Å². The van der Waals surface area contributed by atoms with Crippen LogP contribution in [0.5, 0.6) is 0 Å². The average Bonchev–Trinajstić information content (AvgIpc) is 3.09. The van der Waals surface area contributed by atoms with Crippen molar-refractivity contribution < 1.29 is 23.5 Å². The molecule has 4 rings (SSSR count). The van der Waals surface area contributed by atoms with Crippen LogP contribution in [-0.2, 0) is 19.9 Å². The Bertz CT molecular complexity index is 1230. The summed E-state index contributed by atoms with van der Waals surface area (Å²) in [6, 6.07) is 12.4. The van der Waals surface area contributed by atoms with Gasteiger partial charge >= 0.3 is 6.09 Å². The molecule has 2 aliphatic rings. The number of carbonyl (C=O) groups excluding carboxylic acids is 3. The summed E-state index contributed by atoms with van der Waals surface area (Å²) in [5, 5.41) is 6.00. The number of hydrogen-bond acceptors (Lipinski definition) is 5. The van der Waals surface area contributed by atoms with Crippen molar-refractivity contribution in [3.05, 3.63) is 59.4 Å². The summed E-state index contributed by atoms with van der Waals surface area (Å²) in [4.78, 5) is 42.0. The van der Waals surface area contributed by atoms with Crippen LogP contribution in [0.25, 0.3) is 0 Å². The summed E-state index contributed by atoms with van der Waals surface area (Å²) in [5.41, 5.74) is 0.300. The van der Waals surface area contributed by atoms with Gasteiger partial charge in [0.25, 0.3) is 0 Å². The normalized spacial score (nSPS) is 23.4. The fourth-order valence-corrected chi connectivity index (χ4v) is 5.57. The second kappa shape index (κ2) is 10.4. The van der Waals surface area contributed by atoms with Gasteiger partial charge in [-0.1, -0.05) is 30.3 Å². The lowest BCUT2D eigenvalue weighted by Crippen LogP contribution is -2.58. The standard InChI is InChI=1S/C29H37FN4O4/c1-7-34(27(37)38-28(3,4)5)24-16-20(30)15-22-25(24)32-26(36)29(22,6)33-14-13-21(19-11-9-8-10-12-19)23(17-33)31-18(2)35/h8-12,15-16,21,23H,7,13-14,17H2,1-6H3,(H,31,35)(H,32,36)/t21-,23+,29?/m1/s1. The molecular weight excluding hydrogens is 487 g/mol. The Balaban J connectivity index is 1.71. The molecule has 2 heterocycles. The van der Waals surface area contributed by atoms with E-state index in [2.05, 4.69) is 10.6 Å². The second-order valence-corrected chi connectivity index (χ2v) is 11.2. The number of hydrogen-bond donors (Lipinski definition) is 2. The number of halogens is 1. The quantitative estimate of drug-likeness (QED) is 0.589. The number of carbonyl (C=O) groups is 3. The van der Waals surface area contributed by atoms with E-state index in [1.54, 1.807) is 34.6 Å². The first-order valence-electron chi connectivity index (χ1n) is 13.1. The van der Waals surface area contributed by atoms with Crippen LogP contribution in [-0.4, -0.2) is 54.1 Å². The van der Waals surface area contributed by atoms with Crippen LogP contribution in [0, 0.1) is 5.82 Å². The van der Waals surface area contributed by atoms with Gasteiger partial charge in [0.2, 0.25) is 11.8 Å². The molecule has 3 atom stereocenters. The molecule has 1 unspecified atom stereocenters. The molecule has 0 radical (unpaired) electrons. The first kappa shape index (κ1) is 27.6. The third-order valence-corrected chi connectivity index (χ3v) is 7.37. The number of likely N-dealkylation sites (tertiary alicyclic amines) is 1. The maximum absolute atomic E-state index is 15.1. The molecule has 0 saturated carbocycles. The minimum Gasteiger partial charge on any atom is -0.443 e. The van der Waals surface area contributed by atoms with E-state index in [1.807, 2.05) is 35.2 Å². The van der Waals surface area contributed by atoms with Crippen LogP contribution in [0.2, 0.25) is 0 Å². The van der Waals surface area contributed by atoms with Crippen LogP contribution in [0.4, 0.5) is 20.6 Å². The van der Waals surface area contributed by atoms with Crippen molar-refractivity contribution in [2.45, 2.75) is 71.1 Å². The highest BCUT2D eigenvalue weighted by Gasteiger charge is 2.51. The van der Waals surface area contributed by atoms with E-state index >= 15 is 4.39 Å². The number of rotatable bonds is 5. The number of ether oxygens (including phenoxy) is 1. The van der Waals surface area contributed by atoms with E-state index < -0.39 is 23.1 Å². The zero-order valence-corrected chi connectivity index (χ0v) is 22.9. The van der Waals surface area contributed by atoms with Crippen LogP contribution < -0.4 is 15.5 Å². The average molecular weight is 525 g/mol. The molecule has 9 heteroatoms. The first-order valence-corrected chi connectivity index (χ1v) is 13.1. The SMILES string of the molecule is CCN(C(=O)OC(C)(C)C)c1cc(F)cc2c1NC(=O)C2(C)N1CC[C@H](c2ccccc2)[C@@H](NC(C)=O)C1. The summed E-state index contributed by atoms with van der Waals surface area (Å²) in [7, 11) is 0. The van der Waals surface area contributed by atoms with Crippen molar-refractivity contribution in [3.8, 4) is 0 Å². The third-order valence-electron chi connectivity index (χ3n) is 7.37. The number of piperidine rings is 1. The molecule has 8 nitrogen and oxygen atoms in total. The van der Waals surface area contributed by atoms with Crippen molar-refractivity contribution in [2.24, 2.45) is 0 Å². The van der Waals surface area contributed by atoms with Crippen LogP contribution >= 0.6 is 0 Å². The van der Waals surface area contributed by atoms with E-state index in [0.29, 0.717) is 30.8 Å². The number of benzene rings is 2. The highest BCUT2D eigenvalue weighted by Crippen LogP contribution is 2.47. The molecule has 0 bridgehead atoms. The maximum atomic E-state index is 15.1. The van der Waals surface area contributed by atoms with Gasteiger partial charge < -0.3 is 15.4 Å². The molecule has 2 N–H and O–H groups in total. The Morgan fingerprint density at radius 2 is 1.92 bits per heavy atom. The van der Waals surface area contributed by atoms with E-state index in [4.69, 9.17) is 4.74 Å². The third kappa shape index (κ3) is 5.25. The highest BCUT2D eigenvalue weighted by molar-refractivity contribution is 6.10. The van der Waals surface area contributed by atoms with E-state index in [-0.39, 0.29) is 36.0 Å². The van der Waals surface area contributed by atoms with Crippen molar-refractivity contribution in [3.63, 3.8) is 0 Å². The van der Waals surface area contributed by atoms with Gasteiger partial charge in [0, 0.05) is 44.1 Å². The molecule has 3 amide bonds. The monoisotopic (exact) mass is 524 g/mol. The molecule has 0 aromatic heterocycles. The topological polar surface area (TPSA) is 91.0 Å². The zero-order chi connectivity index (χ0) is 27.8.